The lowest BCUT2D eigenvalue weighted by atomic mass is 10.1. The summed E-state index contributed by atoms with van der Waals surface area (Å²) < 4.78 is 25.4. The molecule has 1 aromatic rings. The molecule has 1 rings (SSSR count). The van der Waals surface area contributed by atoms with Crippen molar-refractivity contribution in [2.24, 2.45) is 0 Å². The predicted octanol–water partition coefficient (Wildman–Crippen LogP) is 0.670. The van der Waals surface area contributed by atoms with Crippen molar-refractivity contribution in [3.63, 3.8) is 0 Å². The van der Waals surface area contributed by atoms with Crippen molar-refractivity contribution >= 4 is 15.9 Å². The number of rotatable bonds is 4. The maximum Gasteiger partial charge on any atom is 0.243 e. The van der Waals surface area contributed by atoms with Crippen LogP contribution in [0.25, 0.3) is 0 Å². The van der Waals surface area contributed by atoms with Crippen molar-refractivity contribution in [1.29, 1.82) is 0 Å². The van der Waals surface area contributed by atoms with E-state index in [1.165, 1.54) is 14.1 Å². The van der Waals surface area contributed by atoms with Gasteiger partial charge in [0.2, 0.25) is 15.9 Å². The van der Waals surface area contributed by atoms with E-state index in [0.29, 0.717) is 0 Å². The first-order valence-corrected chi connectivity index (χ1v) is 6.97. The number of amides is 1. The van der Waals surface area contributed by atoms with Gasteiger partial charge >= 0.3 is 0 Å². The molecule has 100 valence electrons. The molecular formula is C12H18N2O3S. The van der Waals surface area contributed by atoms with Crippen LogP contribution >= 0.6 is 0 Å². The number of carbonyl (C=O) groups is 1. The lowest BCUT2D eigenvalue weighted by molar-refractivity contribution is -0.120. The minimum Gasteiger partial charge on any atom is -0.358 e. The van der Waals surface area contributed by atoms with E-state index in [1.54, 1.807) is 18.2 Å². The number of aryl methyl sites for hydroxylation is 2. The Morgan fingerprint density at radius 3 is 2.39 bits per heavy atom. The molecule has 0 saturated heterocycles. The third-order valence-corrected chi connectivity index (χ3v) is 4.63. The number of likely N-dealkylation sites (N-methyl/N-ethyl adjacent to an activating group) is 2. The molecule has 0 radical (unpaired) electrons. The number of sulfonamides is 1. The van der Waals surface area contributed by atoms with Crippen molar-refractivity contribution in [3.8, 4) is 0 Å². The molecule has 0 atom stereocenters. The minimum absolute atomic E-state index is 0.189. The van der Waals surface area contributed by atoms with Gasteiger partial charge in [-0.1, -0.05) is 6.07 Å². The van der Waals surface area contributed by atoms with Crippen LogP contribution in [-0.2, 0) is 14.8 Å². The molecule has 0 unspecified atom stereocenters. The fourth-order valence-electron chi connectivity index (χ4n) is 1.42. The molecule has 1 N–H and O–H groups in total. The summed E-state index contributed by atoms with van der Waals surface area (Å²) in [5, 5.41) is 2.39. The van der Waals surface area contributed by atoms with Crippen molar-refractivity contribution in [2.45, 2.75) is 18.7 Å². The Morgan fingerprint density at radius 2 is 1.89 bits per heavy atom. The van der Waals surface area contributed by atoms with Gasteiger partial charge in [-0.2, -0.15) is 4.31 Å². The Hall–Kier alpha value is -1.40. The Bertz CT molecular complexity index is 552. The van der Waals surface area contributed by atoms with E-state index in [0.717, 1.165) is 15.4 Å². The van der Waals surface area contributed by atoms with Crippen LogP contribution in [0.1, 0.15) is 11.1 Å². The average Bonchev–Trinajstić information content (AvgIpc) is 2.32. The molecule has 18 heavy (non-hydrogen) atoms. The third kappa shape index (κ3) is 3.08. The van der Waals surface area contributed by atoms with Crippen LogP contribution in [0.3, 0.4) is 0 Å². The molecule has 0 spiro atoms. The van der Waals surface area contributed by atoms with Crippen molar-refractivity contribution in [1.82, 2.24) is 9.62 Å². The maximum atomic E-state index is 12.2. The third-order valence-electron chi connectivity index (χ3n) is 2.83. The largest absolute Gasteiger partial charge is 0.358 e. The number of nitrogens with zero attached hydrogens (tertiary/aromatic N) is 1. The highest BCUT2D eigenvalue weighted by atomic mass is 32.2. The Morgan fingerprint density at radius 1 is 1.28 bits per heavy atom. The molecule has 1 aromatic carbocycles. The zero-order valence-electron chi connectivity index (χ0n) is 11.0. The molecule has 1 amide bonds. The molecule has 0 heterocycles. The highest BCUT2D eigenvalue weighted by Gasteiger charge is 2.22. The molecule has 0 aliphatic carbocycles. The normalized spacial score (nSPS) is 11.6. The van der Waals surface area contributed by atoms with Gasteiger partial charge in [0.05, 0.1) is 11.4 Å². The summed E-state index contributed by atoms with van der Waals surface area (Å²) in [6.45, 7) is 3.58. The van der Waals surface area contributed by atoms with E-state index in [-0.39, 0.29) is 17.3 Å². The first-order chi connectivity index (χ1) is 8.28. The summed E-state index contributed by atoms with van der Waals surface area (Å²) >= 11 is 0. The topological polar surface area (TPSA) is 66.5 Å². The summed E-state index contributed by atoms with van der Waals surface area (Å²) in [5.41, 5.74) is 1.94. The number of benzene rings is 1. The zero-order chi connectivity index (χ0) is 13.9. The van der Waals surface area contributed by atoms with Gasteiger partial charge < -0.3 is 5.32 Å². The lowest BCUT2D eigenvalue weighted by Gasteiger charge is -2.16. The molecule has 0 saturated carbocycles. The predicted molar refractivity (Wildman–Crippen MR) is 69.8 cm³/mol. The second kappa shape index (κ2) is 5.49. The molecule has 6 heteroatoms. The first kappa shape index (κ1) is 14.7. The Labute approximate surface area is 108 Å². The molecule has 0 fully saturated rings. The molecule has 5 nitrogen and oxygen atoms in total. The fraction of sp³-hybridized carbons (Fsp3) is 0.417. The monoisotopic (exact) mass is 270 g/mol. The van der Waals surface area contributed by atoms with Gasteiger partial charge in [-0.15, -0.1) is 0 Å². The first-order valence-electron chi connectivity index (χ1n) is 5.53. The van der Waals surface area contributed by atoms with E-state index in [4.69, 9.17) is 0 Å². The van der Waals surface area contributed by atoms with Crippen molar-refractivity contribution in [3.05, 3.63) is 29.3 Å². The van der Waals surface area contributed by atoms with Crippen LogP contribution in [0.15, 0.2) is 23.1 Å². The van der Waals surface area contributed by atoms with Crippen molar-refractivity contribution in [2.75, 3.05) is 20.6 Å². The molecule has 0 bridgehead atoms. The van der Waals surface area contributed by atoms with Crippen LogP contribution in [0.5, 0.6) is 0 Å². The van der Waals surface area contributed by atoms with Gasteiger partial charge in [-0.05, 0) is 37.1 Å². The summed E-state index contributed by atoms with van der Waals surface area (Å²) in [5.74, 6) is -0.343. The number of carbonyl (C=O) groups excluding carboxylic acids is 1. The highest BCUT2D eigenvalue weighted by molar-refractivity contribution is 7.89. The summed E-state index contributed by atoms with van der Waals surface area (Å²) in [7, 11) is -0.751. The van der Waals surface area contributed by atoms with Crippen molar-refractivity contribution < 1.29 is 13.2 Å². The fourth-order valence-corrected chi connectivity index (χ4v) is 2.63. The van der Waals surface area contributed by atoms with Crippen LogP contribution in [0, 0.1) is 13.8 Å². The maximum absolute atomic E-state index is 12.2. The van der Waals surface area contributed by atoms with E-state index >= 15 is 0 Å². The lowest BCUT2D eigenvalue weighted by Crippen LogP contribution is -2.36. The van der Waals surface area contributed by atoms with E-state index < -0.39 is 10.0 Å². The average molecular weight is 270 g/mol. The van der Waals surface area contributed by atoms with Crippen LogP contribution in [0.4, 0.5) is 0 Å². The van der Waals surface area contributed by atoms with Gasteiger partial charge in [0.1, 0.15) is 0 Å². The highest BCUT2D eigenvalue weighted by Crippen LogP contribution is 2.17. The number of hydrogen-bond acceptors (Lipinski definition) is 3. The molecule has 0 aliphatic rings. The van der Waals surface area contributed by atoms with E-state index in [1.807, 2.05) is 13.8 Å². The second-order valence-electron chi connectivity index (χ2n) is 4.18. The SMILES string of the molecule is CNC(=O)CN(C)S(=O)(=O)c1ccc(C)c(C)c1. The van der Waals surface area contributed by atoms with Gasteiger partial charge in [0.15, 0.2) is 0 Å². The second-order valence-corrected chi connectivity index (χ2v) is 6.23. The van der Waals surface area contributed by atoms with Gasteiger partial charge in [-0.25, -0.2) is 8.42 Å². The smallest absolute Gasteiger partial charge is 0.243 e. The number of hydrogen-bond donors (Lipinski definition) is 1. The number of nitrogens with one attached hydrogen (secondary N) is 1. The summed E-state index contributed by atoms with van der Waals surface area (Å²) in [6, 6.07) is 4.93. The van der Waals surface area contributed by atoms with Gasteiger partial charge in [0, 0.05) is 14.1 Å². The molecular weight excluding hydrogens is 252 g/mol. The molecule has 0 aliphatic heterocycles. The Balaban J connectivity index is 3.05. The van der Waals surface area contributed by atoms with E-state index in [9.17, 15) is 13.2 Å². The summed E-state index contributed by atoms with van der Waals surface area (Å²) in [6.07, 6.45) is 0. The quantitative estimate of drug-likeness (QED) is 0.874. The van der Waals surface area contributed by atoms with Crippen LogP contribution in [-0.4, -0.2) is 39.3 Å². The standard InChI is InChI=1S/C12H18N2O3S/c1-9-5-6-11(7-10(9)2)18(16,17)14(4)8-12(15)13-3/h5-7H,8H2,1-4H3,(H,13,15). The van der Waals surface area contributed by atoms with Gasteiger partial charge in [0.25, 0.3) is 0 Å². The minimum atomic E-state index is -3.61. The van der Waals surface area contributed by atoms with Gasteiger partial charge in [-0.3, -0.25) is 4.79 Å². The van der Waals surface area contributed by atoms with Crippen LogP contribution in [0.2, 0.25) is 0 Å². The zero-order valence-corrected chi connectivity index (χ0v) is 11.8. The summed E-state index contributed by atoms with van der Waals surface area (Å²) in [4.78, 5) is 11.4. The molecule has 0 aromatic heterocycles. The van der Waals surface area contributed by atoms with E-state index in [2.05, 4.69) is 5.32 Å². The Kier molecular flexibility index (Phi) is 4.48. The van der Waals surface area contributed by atoms with Crippen LogP contribution < -0.4 is 5.32 Å².